The molecule has 74 heavy (non-hydrogen) atoms. The van der Waals surface area contributed by atoms with Crippen molar-refractivity contribution < 1.29 is 18.9 Å². The van der Waals surface area contributed by atoms with Gasteiger partial charge in [-0.15, -0.1) is 0 Å². The molecule has 15 nitrogen and oxygen atoms in total. The van der Waals surface area contributed by atoms with Gasteiger partial charge in [0.1, 0.15) is 17.4 Å². The van der Waals surface area contributed by atoms with Crippen molar-refractivity contribution in [1.82, 2.24) is 34.7 Å². The Morgan fingerprint density at radius 1 is 0.743 bits per heavy atom. The number of para-hydroxylation sites is 1. The lowest BCUT2D eigenvalue weighted by Gasteiger charge is -2.39. The molecule has 2 heterocycles. The summed E-state index contributed by atoms with van der Waals surface area (Å²) in [5.74, 6) is 9.55. The van der Waals surface area contributed by atoms with Crippen molar-refractivity contribution >= 4 is 55.8 Å². The van der Waals surface area contributed by atoms with E-state index in [1.807, 2.05) is 42.6 Å². The number of pyridine rings is 1. The van der Waals surface area contributed by atoms with Crippen LogP contribution in [0.1, 0.15) is 105 Å². The Morgan fingerprint density at radius 3 is 2.14 bits per heavy atom. The van der Waals surface area contributed by atoms with Crippen molar-refractivity contribution in [3.05, 3.63) is 83.4 Å². The number of aromatic nitrogens is 3. The fourth-order valence-electron chi connectivity index (χ4n) is 9.60. The van der Waals surface area contributed by atoms with E-state index in [4.69, 9.17) is 57.8 Å². The van der Waals surface area contributed by atoms with Gasteiger partial charge in [0.05, 0.1) is 82.1 Å². The van der Waals surface area contributed by atoms with Crippen LogP contribution in [0.3, 0.4) is 0 Å². The lowest BCUT2D eigenvalue weighted by Crippen LogP contribution is -2.37. The number of anilines is 2. The molecule has 16 heteroatoms. The quantitative estimate of drug-likeness (QED) is 0.0143. The topological polar surface area (TPSA) is 179 Å². The molecule has 3 aromatic carbocycles. The molecule has 1 fully saturated rings. The number of fused-ring (bicyclic) bond motifs is 3. The van der Waals surface area contributed by atoms with Gasteiger partial charge in [0.25, 0.3) is 0 Å². The van der Waals surface area contributed by atoms with Crippen LogP contribution in [-0.2, 0) is 20.8 Å². The number of allylic oxidation sites excluding steroid dienone is 1. The summed E-state index contributed by atoms with van der Waals surface area (Å²) >= 11 is 5.97. The first-order chi connectivity index (χ1) is 35.7. The molecule has 7 N–H and O–H groups in total. The number of hydrogen-bond acceptors (Lipinski definition) is 15. The molecule has 5 aromatic rings. The Kier molecular flexibility index (Phi) is 26.2. The summed E-state index contributed by atoms with van der Waals surface area (Å²) in [4.78, 5) is 21.8. The number of hydrazine groups is 1. The minimum absolute atomic E-state index is 0.397. The first-order valence-corrected chi connectivity index (χ1v) is 27.7. The molecule has 2 aromatic heterocycles. The third kappa shape index (κ3) is 20.5. The third-order valence-corrected chi connectivity index (χ3v) is 14.5. The lowest BCUT2D eigenvalue weighted by molar-refractivity contribution is 0.00868. The molecule has 0 radical (unpaired) electrons. The number of nitrogens with zero attached hydrogens (tertiary/aromatic N) is 7. The molecule has 6 rings (SSSR count). The van der Waals surface area contributed by atoms with Gasteiger partial charge in [-0.3, -0.25) is 4.90 Å². The Hall–Kier alpha value is -4.58. The summed E-state index contributed by atoms with van der Waals surface area (Å²) in [7, 11) is 6.04. The molecule has 0 atom stereocenters. The van der Waals surface area contributed by atoms with E-state index >= 15 is 0 Å². The summed E-state index contributed by atoms with van der Waals surface area (Å²) < 4.78 is 22.3. The van der Waals surface area contributed by atoms with Gasteiger partial charge in [0, 0.05) is 52.2 Å². The predicted octanol–water partition coefficient (Wildman–Crippen LogP) is 10.4. The molecule has 1 saturated carbocycles. The van der Waals surface area contributed by atoms with Gasteiger partial charge in [0.15, 0.2) is 0 Å². The van der Waals surface area contributed by atoms with Gasteiger partial charge in [-0.2, -0.15) is 0 Å². The molecule has 410 valence electrons. The molecule has 0 amide bonds. The molecular formula is C58H92ClN11O4. The number of unbranched alkanes of at least 4 members (excludes halogenated alkanes) is 2. The van der Waals surface area contributed by atoms with Gasteiger partial charge < -0.3 is 50.5 Å². The fourth-order valence-corrected chi connectivity index (χ4v) is 9.77. The number of likely N-dealkylation sites (N-methyl/N-ethyl adjacent to an activating group) is 1. The number of ether oxygens (including phenoxy) is 4. The van der Waals surface area contributed by atoms with Gasteiger partial charge in [-0.1, -0.05) is 71.2 Å². The summed E-state index contributed by atoms with van der Waals surface area (Å²) in [5.41, 5.74) is 17.0. The summed E-state index contributed by atoms with van der Waals surface area (Å²) in [6.07, 6.45) is 13.5. The second kappa shape index (κ2) is 32.1. The third-order valence-electron chi connectivity index (χ3n) is 14.2. The largest absolute Gasteiger partial charge is 0.497 e. The molecule has 0 unspecified atom stereocenters. The van der Waals surface area contributed by atoms with Crippen LogP contribution in [0.15, 0.2) is 72.6 Å². The zero-order valence-corrected chi connectivity index (χ0v) is 47.1. The summed E-state index contributed by atoms with van der Waals surface area (Å²) in [6.45, 7) is 22.5. The van der Waals surface area contributed by atoms with Crippen molar-refractivity contribution in [3.8, 4) is 5.75 Å². The number of halogens is 1. The first kappa shape index (κ1) is 60.3. The second-order valence-electron chi connectivity index (χ2n) is 21.0. The van der Waals surface area contributed by atoms with Crippen molar-refractivity contribution in [1.29, 1.82) is 0 Å². The average molecular weight is 1040 g/mol. The average Bonchev–Trinajstić information content (AvgIpc) is 3.38. The molecule has 0 bridgehead atoms. The SMILES string of the molecule is CCCCCN(CC)CCOCCOCCOCCN(N)/C=C(\N)CCCN(C)CCCNc1nc(CN(C)C2CCC(C(C)(C)C)CC2)nc2ccccc12.COc1ccc2nc3cc(Cl)ccc3c(N)c2c1. The van der Waals surface area contributed by atoms with E-state index in [1.54, 1.807) is 12.1 Å². The molecule has 0 spiro atoms. The van der Waals surface area contributed by atoms with Crippen molar-refractivity contribution in [3.63, 3.8) is 0 Å². The zero-order chi connectivity index (χ0) is 53.3. The van der Waals surface area contributed by atoms with Crippen molar-refractivity contribution in [2.45, 2.75) is 111 Å². The van der Waals surface area contributed by atoms with Crippen LogP contribution in [0.25, 0.3) is 32.7 Å². The molecule has 0 aliphatic heterocycles. The number of benzene rings is 3. The highest BCUT2D eigenvalue weighted by molar-refractivity contribution is 6.31. The number of hydrogen-bond donors (Lipinski definition) is 4. The number of nitrogen functional groups attached to an aromatic ring is 1. The minimum Gasteiger partial charge on any atom is -0.497 e. The normalized spacial score (nSPS) is 15.4. The molecule has 1 aliphatic rings. The van der Waals surface area contributed by atoms with Crippen LogP contribution in [0.5, 0.6) is 5.75 Å². The van der Waals surface area contributed by atoms with E-state index in [1.165, 1.54) is 44.9 Å². The van der Waals surface area contributed by atoms with Crippen LogP contribution in [-0.4, -0.2) is 147 Å². The first-order valence-electron chi connectivity index (χ1n) is 27.3. The second-order valence-corrected chi connectivity index (χ2v) is 21.4. The van der Waals surface area contributed by atoms with Crippen molar-refractivity contribution in [2.24, 2.45) is 22.9 Å². The number of rotatable bonds is 31. The van der Waals surface area contributed by atoms with Crippen LogP contribution >= 0.6 is 11.6 Å². The maximum Gasteiger partial charge on any atom is 0.145 e. The Balaban J connectivity index is 0.000000465. The van der Waals surface area contributed by atoms with Crippen LogP contribution in [0.4, 0.5) is 11.5 Å². The summed E-state index contributed by atoms with van der Waals surface area (Å²) in [6, 6.07) is 20.1. The molecule has 0 saturated heterocycles. The highest BCUT2D eigenvalue weighted by Gasteiger charge is 2.31. The molecule has 1 aliphatic carbocycles. The Morgan fingerprint density at radius 2 is 1.43 bits per heavy atom. The highest BCUT2D eigenvalue weighted by atomic mass is 35.5. The zero-order valence-electron chi connectivity index (χ0n) is 46.3. The maximum absolute atomic E-state index is 6.29. The van der Waals surface area contributed by atoms with E-state index < -0.39 is 0 Å². The van der Waals surface area contributed by atoms with Gasteiger partial charge in [0.2, 0.25) is 0 Å². The van der Waals surface area contributed by atoms with Crippen LogP contribution < -0.4 is 27.4 Å². The lowest BCUT2D eigenvalue weighted by atomic mass is 9.71. The molecular weight excluding hydrogens is 950 g/mol. The minimum atomic E-state index is 0.397. The van der Waals surface area contributed by atoms with E-state index in [0.29, 0.717) is 61.7 Å². The van der Waals surface area contributed by atoms with E-state index in [0.717, 1.165) is 133 Å². The van der Waals surface area contributed by atoms with Crippen LogP contribution in [0.2, 0.25) is 5.02 Å². The van der Waals surface area contributed by atoms with Crippen molar-refractivity contribution in [2.75, 3.05) is 118 Å². The van der Waals surface area contributed by atoms with Crippen LogP contribution in [0, 0.1) is 11.3 Å². The predicted molar refractivity (Wildman–Crippen MR) is 309 cm³/mol. The van der Waals surface area contributed by atoms with E-state index in [9.17, 15) is 0 Å². The van der Waals surface area contributed by atoms with Gasteiger partial charge in [-0.25, -0.2) is 20.8 Å². The monoisotopic (exact) mass is 1040 g/mol. The number of nitrogens with two attached hydrogens (primary N) is 3. The Labute approximate surface area is 448 Å². The number of nitrogens with one attached hydrogen (secondary N) is 1. The standard InChI is InChI=1S/C44H81N9O3.C14H11ClN2O/c1-8-10-13-26-52(9-2)27-29-54-31-33-56-34-32-55-30-28-53(46)35-38(45)16-14-24-50(6)25-15-23-47-43-40-17-11-12-18-41(40)48-42(49-43)36-51(7)39-21-19-37(20-22-39)44(3,4)5;1-18-9-3-5-12-11(7-9)14(16)10-4-2-8(15)6-13(10)17-12/h11-12,17-18,35,37,39H,8-10,13-16,19-34,36,45-46H2,1-7H3,(H,47,48,49);2-7H,1H3,(H2,16,17)/b38-35-;. The van der Waals surface area contributed by atoms with E-state index in [-0.39, 0.29) is 0 Å². The number of methoxy groups -OCH3 is 1. The van der Waals surface area contributed by atoms with E-state index in [2.05, 4.69) is 98.0 Å². The maximum atomic E-state index is 6.29. The van der Waals surface area contributed by atoms with Gasteiger partial charge in [-0.05, 0) is 152 Å². The van der Waals surface area contributed by atoms with Gasteiger partial charge >= 0.3 is 0 Å². The Bertz CT molecular complexity index is 2430. The summed E-state index contributed by atoms with van der Waals surface area (Å²) in [5, 5.41) is 8.78. The smallest absolute Gasteiger partial charge is 0.145 e. The highest BCUT2D eigenvalue weighted by Crippen LogP contribution is 2.39. The fraction of sp³-hybridized carbons (Fsp3) is 0.603.